The van der Waals surface area contributed by atoms with Crippen LogP contribution in [-0.2, 0) is 4.79 Å². The molecule has 2 amide bonds. The molecule has 0 atom stereocenters. The van der Waals surface area contributed by atoms with Crippen LogP contribution in [0.25, 0.3) is 0 Å². The first-order valence-electron chi connectivity index (χ1n) is 8.78. The molecule has 2 rings (SSSR count). The molecule has 1 fully saturated rings. The lowest BCUT2D eigenvalue weighted by Crippen LogP contribution is -2.37. The van der Waals surface area contributed by atoms with Crippen molar-refractivity contribution in [2.45, 2.75) is 39.5 Å². The molecule has 0 aromatic heterocycles. The van der Waals surface area contributed by atoms with Gasteiger partial charge in [0.25, 0.3) is 5.91 Å². The van der Waals surface area contributed by atoms with Crippen molar-refractivity contribution < 1.29 is 14.3 Å². The molecule has 5 heteroatoms. The lowest BCUT2D eigenvalue weighted by atomic mass is 10.1. The van der Waals surface area contributed by atoms with Crippen molar-refractivity contribution >= 4 is 11.8 Å². The first-order valence-corrected chi connectivity index (χ1v) is 8.78. The van der Waals surface area contributed by atoms with Crippen LogP contribution >= 0.6 is 0 Å². The van der Waals surface area contributed by atoms with Gasteiger partial charge in [0.15, 0.2) is 0 Å². The van der Waals surface area contributed by atoms with Crippen LogP contribution in [0, 0.1) is 6.92 Å². The molecule has 1 saturated heterocycles. The maximum atomic E-state index is 12.7. The van der Waals surface area contributed by atoms with Crippen molar-refractivity contribution in [2.24, 2.45) is 0 Å². The molecule has 24 heavy (non-hydrogen) atoms. The number of ether oxygens (including phenoxy) is 1. The fourth-order valence-electron chi connectivity index (χ4n) is 3.05. The van der Waals surface area contributed by atoms with E-state index in [4.69, 9.17) is 4.74 Å². The molecular weight excluding hydrogens is 304 g/mol. The number of carbonyl (C=O) groups is 2. The van der Waals surface area contributed by atoms with E-state index >= 15 is 0 Å². The summed E-state index contributed by atoms with van der Waals surface area (Å²) in [6.45, 7) is 6.69. The summed E-state index contributed by atoms with van der Waals surface area (Å²) in [5.41, 5.74) is 1.63. The summed E-state index contributed by atoms with van der Waals surface area (Å²) in [7, 11) is 1.63. The summed E-state index contributed by atoms with van der Waals surface area (Å²) in [6.07, 6.45) is 3.41. The molecule has 1 aliphatic rings. The third-order valence-corrected chi connectivity index (χ3v) is 4.52. The molecular formula is C19H28N2O3. The van der Waals surface area contributed by atoms with Gasteiger partial charge in [0.1, 0.15) is 5.75 Å². The number of benzene rings is 1. The molecule has 1 heterocycles. The van der Waals surface area contributed by atoms with Crippen molar-refractivity contribution in [3.05, 3.63) is 29.3 Å². The zero-order valence-electron chi connectivity index (χ0n) is 15.0. The SMILES string of the molecule is CCCCC(=O)N1CCCN(C(=O)c2ccc(OC)c(C)c2)CC1. The Morgan fingerprint density at radius 3 is 2.50 bits per heavy atom. The Balaban J connectivity index is 1.99. The fourth-order valence-corrected chi connectivity index (χ4v) is 3.05. The Kier molecular flexibility index (Phi) is 6.64. The number of hydrogen-bond donors (Lipinski definition) is 0. The Hall–Kier alpha value is -2.04. The van der Waals surface area contributed by atoms with E-state index < -0.39 is 0 Å². The Morgan fingerprint density at radius 1 is 1.12 bits per heavy atom. The average molecular weight is 332 g/mol. The summed E-state index contributed by atoms with van der Waals surface area (Å²) >= 11 is 0. The van der Waals surface area contributed by atoms with E-state index in [9.17, 15) is 9.59 Å². The average Bonchev–Trinajstić information content (AvgIpc) is 2.85. The number of amides is 2. The molecule has 0 spiro atoms. The second-order valence-corrected chi connectivity index (χ2v) is 6.31. The summed E-state index contributed by atoms with van der Waals surface area (Å²) < 4.78 is 5.25. The van der Waals surface area contributed by atoms with Crippen LogP contribution in [-0.4, -0.2) is 54.9 Å². The summed E-state index contributed by atoms with van der Waals surface area (Å²) in [5, 5.41) is 0. The van der Waals surface area contributed by atoms with Gasteiger partial charge in [-0.25, -0.2) is 0 Å². The van der Waals surface area contributed by atoms with Gasteiger partial charge in [0, 0.05) is 38.2 Å². The van der Waals surface area contributed by atoms with Crippen molar-refractivity contribution in [1.29, 1.82) is 0 Å². The number of carbonyl (C=O) groups excluding carboxylic acids is 2. The highest BCUT2D eigenvalue weighted by atomic mass is 16.5. The quantitative estimate of drug-likeness (QED) is 0.833. The largest absolute Gasteiger partial charge is 0.496 e. The van der Waals surface area contributed by atoms with Crippen LogP contribution in [0.15, 0.2) is 18.2 Å². The zero-order valence-corrected chi connectivity index (χ0v) is 15.0. The van der Waals surface area contributed by atoms with E-state index in [-0.39, 0.29) is 11.8 Å². The molecule has 1 aliphatic heterocycles. The predicted molar refractivity (Wildman–Crippen MR) is 94.4 cm³/mol. The van der Waals surface area contributed by atoms with Gasteiger partial charge in [0.2, 0.25) is 5.91 Å². The van der Waals surface area contributed by atoms with Crippen molar-refractivity contribution in [1.82, 2.24) is 9.80 Å². The fraction of sp³-hybridized carbons (Fsp3) is 0.579. The number of hydrogen-bond acceptors (Lipinski definition) is 3. The van der Waals surface area contributed by atoms with Crippen molar-refractivity contribution in [3.63, 3.8) is 0 Å². The van der Waals surface area contributed by atoms with Crippen molar-refractivity contribution in [2.75, 3.05) is 33.3 Å². The van der Waals surface area contributed by atoms with E-state index in [1.807, 2.05) is 34.9 Å². The van der Waals surface area contributed by atoms with Gasteiger partial charge in [-0.2, -0.15) is 0 Å². The smallest absolute Gasteiger partial charge is 0.253 e. The standard InChI is InChI=1S/C19H28N2O3/c1-4-5-7-18(22)20-10-6-11-21(13-12-20)19(23)16-8-9-17(24-3)15(2)14-16/h8-9,14H,4-7,10-13H2,1-3H3. The van der Waals surface area contributed by atoms with Crippen LogP contribution in [0.4, 0.5) is 0 Å². The topological polar surface area (TPSA) is 49.9 Å². The highest BCUT2D eigenvalue weighted by Gasteiger charge is 2.22. The minimum absolute atomic E-state index is 0.0311. The first kappa shape index (κ1) is 18.3. The maximum absolute atomic E-state index is 12.7. The lowest BCUT2D eigenvalue weighted by Gasteiger charge is -2.22. The molecule has 0 saturated carbocycles. The minimum Gasteiger partial charge on any atom is -0.496 e. The third kappa shape index (κ3) is 4.49. The monoisotopic (exact) mass is 332 g/mol. The second-order valence-electron chi connectivity index (χ2n) is 6.31. The predicted octanol–water partition coefficient (Wildman–Crippen LogP) is 2.87. The molecule has 0 bridgehead atoms. The molecule has 1 aromatic carbocycles. The zero-order chi connectivity index (χ0) is 17.5. The van der Waals surface area contributed by atoms with Crippen LogP contribution in [0.5, 0.6) is 5.75 Å². The molecule has 0 radical (unpaired) electrons. The highest BCUT2D eigenvalue weighted by Crippen LogP contribution is 2.20. The number of nitrogens with zero attached hydrogens (tertiary/aromatic N) is 2. The first-order chi connectivity index (χ1) is 11.6. The molecule has 132 valence electrons. The number of unbranched alkanes of at least 4 members (excludes halogenated alkanes) is 1. The summed E-state index contributed by atoms with van der Waals surface area (Å²) in [6, 6.07) is 5.51. The number of aryl methyl sites for hydroxylation is 1. The number of methoxy groups -OCH3 is 1. The van der Waals surface area contributed by atoms with Crippen LogP contribution in [0.3, 0.4) is 0 Å². The van der Waals surface area contributed by atoms with Gasteiger partial charge in [-0.05, 0) is 43.5 Å². The molecule has 0 aliphatic carbocycles. The highest BCUT2D eigenvalue weighted by molar-refractivity contribution is 5.94. The molecule has 5 nitrogen and oxygen atoms in total. The second kappa shape index (κ2) is 8.71. The minimum atomic E-state index is 0.0311. The Morgan fingerprint density at radius 2 is 1.83 bits per heavy atom. The summed E-state index contributed by atoms with van der Waals surface area (Å²) in [4.78, 5) is 28.7. The maximum Gasteiger partial charge on any atom is 0.253 e. The van der Waals surface area contributed by atoms with Crippen LogP contribution in [0.2, 0.25) is 0 Å². The van der Waals surface area contributed by atoms with Gasteiger partial charge in [-0.15, -0.1) is 0 Å². The van der Waals surface area contributed by atoms with Crippen LogP contribution in [0.1, 0.15) is 48.5 Å². The van der Waals surface area contributed by atoms with Gasteiger partial charge in [-0.1, -0.05) is 13.3 Å². The lowest BCUT2D eigenvalue weighted by molar-refractivity contribution is -0.131. The van der Waals surface area contributed by atoms with E-state index in [1.165, 1.54) is 0 Å². The van der Waals surface area contributed by atoms with Gasteiger partial charge in [-0.3, -0.25) is 9.59 Å². The van der Waals surface area contributed by atoms with Crippen LogP contribution < -0.4 is 4.74 Å². The molecule has 0 N–H and O–H groups in total. The molecule has 0 unspecified atom stereocenters. The van der Waals surface area contributed by atoms with E-state index in [2.05, 4.69) is 6.92 Å². The van der Waals surface area contributed by atoms with E-state index in [1.54, 1.807) is 7.11 Å². The van der Waals surface area contributed by atoms with E-state index in [0.717, 1.165) is 37.1 Å². The molecule has 1 aromatic rings. The Bertz CT molecular complexity index is 586. The normalized spacial score (nSPS) is 15.1. The summed E-state index contributed by atoms with van der Waals surface area (Å²) in [5.74, 6) is 1.03. The Labute approximate surface area is 144 Å². The van der Waals surface area contributed by atoms with Crippen molar-refractivity contribution in [3.8, 4) is 5.75 Å². The van der Waals surface area contributed by atoms with E-state index in [0.29, 0.717) is 31.6 Å². The third-order valence-electron chi connectivity index (χ3n) is 4.52. The van der Waals surface area contributed by atoms with Gasteiger partial charge < -0.3 is 14.5 Å². The van der Waals surface area contributed by atoms with Gasteiger partial charge >= 0.3 is 0 Å². The number of rotatable bonds is 5. The van der Waals surface area contributed by atoms with Gasteiger partial charge in [0.05, 0.1) is 7.11 Å².